The van der Waals surface area contributed by atoms with E-state index in [2.05, 4.69) is 9.88 Å². The van der Waals surface area contributed by atoms with Crippen LogP contribution in [0.15, 0.2) is 43.9 Å². The highest BCUT2D eigenvalue weighted by molar-refractivity contribution is 6.05. The van der Waals surface area contributed by atoms with Gasteiger partial charge >= 0.3 is 5.69 Å². The maximum atomic E-state index is 13.8. The molecule has 4 heterocycles. The number of piperidine rings is 1. The lowest BCUT2D eigenvalue weighted by Gasteiger charge is -2.31. The number of anilines is 1. The molecule has 11 nitrogen and oxygen atoms in total. The van der Waals surface area contributed by atoms with Gasteiger partial charge in [0.05, 0.1) is 6.54 Å². The zero-order chi connectivity index (χ0) is 26.4. The Bertz CT molecular complexity index is 1670. The molecule has 1 aliphatic heterocycles. The summed E-state index contributed by atoms with van der Waals surface area (Å²) in [7, 11) is 1.57. The van der Waals surface area contributed by atoms with Gasteiger partial charge in [-0.1, -0.05) is 17.7 Å². The van der Waals surface area contributed by atoms with Gasteiger partial charge in [0.2, 0.25) is 5.95 Å². The number of fused-ring (bicyclic) bond motifs is 2. The summed E-state index contributed by atoms with van der Waals surface area (Å²) in [5, 5.41) is 0. The van der Waals surface area contributed by atoms with E-state index in [0.29, 0.717) is 41.6 Å². The Balaban J connectivity index is 1.66. The minimum absolute atomic E-state index is 0.00596. The van der Waals surface area contributed by atoms with Crippen molar-refractivity contribution in [1.29, 1.82) is 0 Å². The summed E-state index contributed by atoms with van der Waals surface area (Å²) >= 11 is 0. The number of nitrogens with zero attached hydrogens (tertiary/aromatic N) is 6. The van der Waals surface area contributed by atoms with E-state index in [9.17, 15) is 14.4 Å². The van der Waals surface area contributed by atoms with E-state index < -0.39 is 23.6 Å². The van der Waals surface area contributed by atoms with Crippen molar-refractivity contribution in [3.63, 3.8) is 0 Å². The van der Waals surface area contributed by atoms with E-state index in [1.54, 1.807) is 32.2 Å². The molecule has 37 heavy (non-hydrogen) atoms. The first-order chi connectivity index (χ1) is 17.7. The van der Waals surface area contributed by atoms with Crippen LogP contribution in [0, 0.1) is 6.92 Å². The molecule has 0 spiro atoms. The van der Waals surface area contributed by atoms with Crippen LogP contribution in [0.5, 0.6) is 0 Å². The fourth-order valence-electron chi connectivity index (χ4n) is 4.89. The average Bonchev–Trinajstić information content (AvgIpc) is 3.43. The smallest absolute Gasteiger partial charge is 0.332 e. The van der Waals surface area contributed by atoms with Crippen LogP contribution in [-0.4, -0.2) is 48.6 Å². The van der Waals surface area contributed by atoms with Gasteiger partial charge < -0.3 is 19.6 Å². The Morgan fingerprint density at radius 3 is 2.73 bits per heavy atom. The second-order valence-corrected chi connectivity index (χ2v) is 9.87. The molecule has 1 aliphatic rings. The van der Waals surface area contributed by atoms with Crippen LogP contribution in [-0.2, 0) is 20.1 Å². The van der Waals surface area contributed by atoms with E-state index in [1.165, 1.54) is 4.57 Å². The Morgan fingerprint density at radius 1 is 1.22 bits per heavy atom. The number of carbonyl (C=O) groups is 1. The number of hydrogen-bond donors (Lipinski definition) is 1. The van der Waals surface area contributed by atoms with Gasteiger partial charge in [-0.3, -0.25) is 18.7 Å². The van der Waals surface area contributed by atoms with Crippen LogP contribution in [0.3, 0.4) is 0 Å². The van der Waals surface area contributed by atoms with E-state index in [4.69, 9.17) is 15.1 Å². The predicted octanol–water partition coefficient (Wildman–Crippen LogP) is 2.12. The van der Waals surface area contributed by atoms with Crippen molar-refractivity contribution in [1.82, 2.24) is 23.7 Å². The maximum absolute atomic E-state index is 13.8. The topological polar surface area (TPSA) is 134 Å². The van der Waals surface area contributed by atoms with Gasteiger partial charge in [-0.25, -0.2) is 9.78 Å². The van der Waals surface area contributed by atoms with Crippen molar-refractivity contribution in [2.75, 3.05) is 18.0 Å². The summed E-state index contributed by atoms with van der Waals surface area (Å²) in [6, 6.07) is 5.04. The van der Waals surface area contributed by atoms with Gasteiger partial charge in [0.1, 0.15) is 5.52 Å². The monoisotopic (exact) mass is 505 g/mol. The summed E-state index contributed by atoms with van der Waals surface area (Å²) in [5.74, 6) is 0.620. The van der Waals surface area contributed by atoms with Crippen molar-refractivity contribution in [2.24, 2.45) is 12.8 Å². The van der Waals surface area contributed by atoms with Crippen LogP contribution < -0.4 is 21.9 Å². The summed E-state index contributed by atoms with van der Waals surface area (Å²) in [6.45, 7) is 7.00. The van der Waals surface area contributed by atoms with Gasteiger partial charge in [-0.05, 0) is 38.8 Å². The molecule has 0 amide bonds. The first kappa shape index (κ1) is 24.7. The number of aryl methyl sites for hydroxylation is 2. The number of nitrogens with two attached hydrogens (primary N) is 1. The molecule has 4 aromatic rings. The molecule has 0 saturated carbocycles. The third-order valence-electron chi connectivity index (χ3n) is 6.76. The third kappa shape index (κ3) is 4.39. The molecule has 11 heteroatoms. The van der Waals surface area contributed by atoms with Gasteiger partial charge in [0.15, 0.2) is 28.4 Å². The normalized spacial score (nSPS) is 16.0. The number of carbonyl (C=O) groups excluding carboxylic acids is 1. The predicted molar refractivity (Wildman–Crippen MR) is 141 cm³/mol. The summed E-state index contributed by atoms with van der Waals surface area (Å²) in [5.41, 5.74) is 7.88. The largest absolute Gasteiger partial charge is 0.441 e. The fourth-order valence-corrected chi connectivity index (χ4v) is 4.89. The molecule has 1 unspecified atom stereocenters. The lowest BCUT2D eigenvalue weighted by molar-refractivity contribution is 0.0970. The van der Waals surface area contributed by atoms with Crippen LogP contribution >= 0.6 is 0 Å². The lowest BCUT2D eigenvalue weighted by Crippen LogP contribution is -2.44. The van der Waals surface area contributed by atoms with E-state index >= 15 is 0 Å². The van der Waals surface area contributed by atoms with Gasteiger partial charge in [-0.2, -0.15) is 4.98 Å². The van der Waals surface area contributed by atoms with Crippen LogP contribution in [0.2, 0.25) is 0 Å². The molecule has 2 N–H and O–H groups in total. The minimum Gasteiger partial charge on any atom is -0.441 e. The maximum Gasteiger partial charge on any atom is 0.332 e. The molecule has 5 rings (SSSR count). The molecule has 194 valence electrons. The number of benzene rings is 1. The number of ketones is 1. The van der Waals surface area contributed by atoms with Crippen molar-refractivity contribution in [3.05, 3.63) is 62.1 Å². The summed E-state index contributed by atoms with van der Waals surface area (Å²) < 4.78 is 9.66. The quantitative estimate of drug-likeness (QED) is 0.311. The van der Waals surface area contributed by atoms with E-state index in [0.717, 1.165) is 29.5 Å². The number of imidazole rings is 1. The van der Waals surface area contributed by atoms with Crippen LogP contribution in [0.25, 0.3) is 22.3 Å². The van der Waals surface area contributed by atoms with Crippen molar-refractivity contribution in [3.8, 4) is 0 Å². The number of rotatable bonds is 6. The molecule has 1 fully saturated rings. The molecular weight excluding hydrogens is 474 g/mol. The Hall–Kier alpha value is -3.99. The average molecular weight is 506 g/mol. The van der Waals surface area contributed by atoms with Crippen molar-refractivity contribution < 1.29 is 9.21 Å². The number of oxazole rings is 1. The molecule has 1 aromatic carbocycles. The fraction of sp³-hybridized carbons (Fsp3) is 0.423. The molecular formula is C26H31N7O4. The number of allylic oxidation sites excluding steroid dienone is 2. The molecule has 3 aromatic heterocycles. The Morgan fingerprint density at radius 2 is 2.00 bits per heavy atom. The zero-order valence-corrected chi connectivity index (χ0v) is 21.5. The van der Waals surface area contributed by atoms with Crippen LogP contribution in [0.4, 0.5) is 5.95 Å². The SMILES string of the molecule is CC(C)=CCn1c(N2CCCC(N)C2)nc2c1c(=O)n(CC(=O)c1cccc3oc(C)nc13)c(=O)n2C. The van der Waals surface area contributed by atoms with Crippen molar-refractivity contribution in [2.45, 2.75) is 52.7 Å². The molecule has 0 bridgehead atoms. The summed E-state index contributed by atoms with van der Waals surface area (Å²) in [4.78, 5) is 51.6. The molecule has 1 atom stereocenters. The van der Waals surface area contributed by atoms with Crippen LogP contribution in [0.1, 0.15) is 42.9 Å². The van der Waals surface area contributed by atoms with Gasteiger partial charge in [-0.15, -0.1) is 0 Å². The zero-order valence-electron chi connectivity index (χ0n) is 21.5. The number of hydrogen-bond acceptors (Lipinski definition) is 8. The molecule has 1 saturated heterocycles. The Labute approximate surface area is 212 Å². The minimum atomic E-state index is -0.608. The van der Waals surface area contributed by atoms with Crippen molar-refractivity contribution >= 4 is 34.0 Å². The highest BCUT2D eigenvalue weighted by atomic mass is 16.3. The molecule has 0 aliphatic carbocycles. The lowest BCUT2D eigenvalue weighted by atomic mass is 10.1. The highest BCUT2D eigenvalue weighted by Crippen LogP contribution is 2.24. The number of Topliss-reactive ketones (excluding diaryl/α,β-unsaturated/α-hetero) is 1. The first-order valence-corrected chi connectivity index (χ1v) is 12.4. The second kappa shape index (κ2) is 9.47. The standard InChI is InChI=1S/C26H31N7O4/c1-15(2)10-12-32-22-23(29-25(32)31-11-6-7-17(27)13-31)30(4)26(36)33(24(22)35)14-19(34)18-8-5-9-20-21(18)28-16(3)37-20/h5,8-10,17H,6-7,11-14,27H2,1-4H3. The first-order valence-electron chi connectivity index (χ1n) is 12.4. The number of para-hydroxylation sites is 1. The Kier molecular flexibility index (Phi) is 6.32. The second-order valence-electron chi connectivity index (χ2n) is 9.87. The third-order valence-corrected chi connectivity index (χ3v) is 6.76. The molecule has 0 radical (unpaired) electrons. The highest BCUT2D eigenvalue weighted by Gasteiger charge is 2.27. The van der Waals surface area contributed by atoms with E-state index in [-0.39, 0.29) is 17.2 Å². The van der Waals surface area contributed by atoms with Gasteiger partial charge in [0.25, 0.3) is 5.56 Å². The van der Waals surface area contributed by atoms with Gasteiger partial charge in [0, 0.05) is 45.2 Å². The summed E-state index contributed by atoms with van der Waals surface area (Å²) in [6.07, 6.45) is 3.84. The number of aromatic nitrogens is 5. The van der Waals surface area contributed by atoms with E-state index in [1.807, 2.05) is 24.5 Å².